The molecule has 0 unspecified atom stereocenters. The zero-order valence-electron chi connectivity index (χ0n) is 5.85. The highest BCUT2D eigenvalue weighted by molar-refractivity contribution is 4.72. The van der Waals surface area contributed by atoms with Gasteiger partial charge in [0.05, 0.1) is 0 Å². The Morgan fingerprint density at radius 1 is 1.62 bits per heavy atom. The van der Waals surface area contributed by atoms with E-state index >= 15 is 0 Å². The molecule has 1 nitrogen and oxygen atoms in total. The van der Waals surface area contributed by atoms with E-state index in [1.165, 1.54) is 25.9 Å². The van der Waals surface area contributed by atoms with E-state index in [0.717, 1.165) is 6.04 Å². The zero-order valence-corrected chi connectivity index (χ0v) is 5.85. The van der Waals surface area contributed by atoms with Crippen LogP contribution in [0.25, 0.3) is 0 Å². The van der Waals surface area contributed by atoms with E-state index in [1.807, 2.05) is 0 Å². The van der Waals surface area contributed by atoms with Gasteiger partial charge in [0.1, 0.15) is 0 Å². The fraction of sp³-hybridized carbons (Fsp3) is 1.00. The molecule has 0 aromatic carbocycles. The van der Waals surface area contributed by atoms with Crippen LogP contribution in [0.15, 0.2) is 0 Å². The first-order chi connectivity index (χ1) is 3.84. The smallest absolute Gasteiger partial charge is 0.00672 e. The van der Waals surface area contributed by atoms with Crippen molar-refractivity contribution in [3.63, 3.8) is 0 Å². The van der Waals surface area contributed by atoms with Crippen molar-refractivity contribution < 1.29 is 0 Å². The van der Waals surface area contributed by atoms with Gasteiger partial charge in [-0.1, -0.05) is 6.92 Å². The second-order valence-corrected chi connectivity index (χ2v) is 2.62. The average Bonchev–Trinajstić information content (AvgIpc) is 2.14. The maximum Gasteiger partial charge on any atom is 0.00672 e. The van der Waals surface area contributed by atoms with Gasteiger partial charge in [0, 0.05) is 6.04 Å². The Balaban J connectivity index is 2.30. The Morgan fingerprint density at radius 3 is 2.62 bits per heavy atom. The fourth-order valence-electron chi connectivity index (χ4n) is 1.46. The number of rotatable bonds is 1. The van der Waals surface area contributed by atoms with E-state index in [1.54, 1.807) is 0 Å². The van der Waals surface area contributed by atoms with Crippen LogP contribution in [0.4, 0.5) is 0 Å². The first-order valence-electron chi connectivity index (χ1n) is 3.58. The van der Waals surface area contributed by atoms with Crippen LogP contribution in [0.1, 0.15) is 26.7 Å². The van der Waals surface area contributed by atoms with Crippen LogP contribution in [0.3, 0.4) is 0 Å². The lowest BCUT2D eigenvalue weighted by Gasteiger charge is -2.17. The number of nitrogens with zero attached hydrogens (tertiary/aromatic N) is 1. The molecule has 0 spiro atoms. The molecule has 8 heavy (non-hydrogen) atoms. The van der Waals surface area contributed by atoms with Crippen molar-refractivity contribution in [2.45, 2.75) is 32.7 Å². The molecule has 0 aromatic rings. The third kappa shape index (κ3) is 1.03. The fourth-order valence-corrected chi connectivity index (χ4v) is 1.46. The van der Waals surface area contributed by atoms with Crippen LogP contribution in [0, 0.1) is 0 Å². The lowest BCUT2D eigenvalue weighted by atomic mass is 10.2. The molecule has 0 saturated carbocycles. The highest BCUT2D eigenvalue weighted by Crippen LogP contribution is 2.14. The highest BCUT2D eigenvalue weighted by atomic mass is 15.2. The molecule has 1 heteroatoms. The summed E-state index contributed by atoms with van der Waals surface area (Å²) in [7, 11) is 0. The van der Waals surface area contributed by atoms with Crippen molar-refractivity contribution >= 4 is 0 Å². The highest BCUT2D eigenvalue weighted by Gasteiger charge is 2.16. The van der Waals surface area contributed by atoms with Gasteiger partial charge in [-0.2, -0.15) is 0 Å². The first kappa shape index (κ1) is 6.09. The molecule has 0 aromatic heterocycles. The minimum atomic E-state index is 0.861. The lowest BCUT2D eigenvalue weighted by Crippen LogP contribution is -2.25. The van der Waals surface area contributed by atoms with E-state index in [2.05, 4.69) is 18.7 Å². The number of likely N-dealkylation sites (tertiary alicyclic amines) is 1. The quantitative estimate of drug-likeness (QED) is 0.498. The van der Waals surface area contributed by atoms with Crippen LogP contribution in [-0.4, -0.2) is 24.0 Å². The molecule has 0 radical (unpaired) electrons. The topological polar surface area (TPSA) is 3.24 Å². The summed E-state index contributed by atoms with van der Waals surface area (Å²) in [5.41, 5.74) is 0. The van der Waals surface area contributed by atoms with Gasteiger partial charge >= 0.3 is 0 Å². The summed E-state index contributed by atoms with van der Waals surface area (Å²) in [6, 6.07) is 0.861. The zero-order chi connectivity index (χ0) is 5.98. The van der Waals surface area contributed by atoms with Gasteiger partial charge in [0.15, 0.2) is 0 Å². The summed E-state index contributed by atoms with van der Waals surface area (Å²) in [6.45, 7) is 7.12. The molecular formula is C7H15N. The van der Waals surface area contributed by atoms with Gasteiger partial charge in [-0.15, -0.1) is 0 Å². The summed E-state index contributed by atoms with van der Waals surface area (Å²) in [6.07, 6.45) is 2.82. The van der Waals surface area contributed by atoms with Crippen molar-refractivity contribution in [3.05, 3.63) is 0 Å². The third-order valence-electron chi connectivity index (χ3n) is 2.10. The van der Waals surface area contributed by atoms with Crippen LogP contribution in [-0.2, 0) is 0 Å². The van der Waals surface area contributed by atoms with Crippen LogP contribution in [0.5, 0.6) is 0 Å². The summed E-state index contributed by atoms with van der Waals surface area (Å²) in [5, 5.41) is 0. The monoisotopic (exact) mass is 113 g/mol. The molecule has 1 aliphatic rings. The molecule has 0 N–H and O–H groups in total. The molecule has 1 saturated heterocycles. The normalized spacial score (nSPS) is 31.5. The maximum atomic E-state index is 2.53. The third-order valence-corrected chi connectivity index (χ3v) is 2.10. The number of hydrogen-bond acceptors (Lipinski definition) is 1. The molecular weight excluding hydrogens is 98.1 g/mol. The molecule has 1 heterocycles. The Morgan fingerprint density at radius 2 is 2.38 bits per heavy atom. The molecule has 1 aliphatic heterocycles. The van der Waals surface area contributed by atoms with Crippen molar-refractivity contribution in [3.8, 4) is 0 Å². The Bertz CT molecular complexity index is 70.8. The summed E-state index contributed by atoms with van der Waals surface area (Å²) >= 11 is 0. The lowest BCUT2D eigenvalue weighted by molar-refractivity contribution is 0.284. The van der Waals surface area contributed by atoms with E-state index < -0.39 is 0 Å². The van der Waals surface area contributed by atoms with Crippen molar-refractivity contribution in [2.24, 2.45) is 0 Å². The van der Waals surface area contributed by atoms with Crippen LogP contribution >= 0.6 is 0 Å². The predicted molar refractivity (Wildman–Crippen MR) is 35.9 cm³/mol. The van der Waals surface area contributed by atoms with Crippen molar-refractivity contribution in [1.29, 1.82) is 0 Å². The second-order valence-electron chi connectivity index (χ2n) is 2.62. The summed E-state index contributed by atoms with van der Waals surface area (Å²) < 4.78 is 0. The van der Waals surface area contributed by atoms with Gasteiger partial charge < -0.3 is 4.90 Å². The molecule has 48 valence electrons. The molecule has 0 bridgehead atoms. The minimum Gasteiger partial charge on any atom is -0.301 e. The molecule has 0 amide bonds. The van der Waals surface area contributed by atoms with Gasteiger partial charge in [0.25, 0.3) is 0 Å². The van der Waals surface area contributed by atoms with Gasteiger partial charge in [-0.3, -0.25) is 0 Å². The standard InChI is InChI=1S/C7H15N/c1-3-8-6-4-5-7(8)2/h7H,3-6H2,1-2H3/t7-/m0/s1. The van der Waals surface area contributed by atoms with Gasteiger partial charge in [-0.25, -0.2) is 0 Å². The molecule has 1 fully saturated rings. The van der Waals surface area contributed by atoms with Crippen LogP contribution < -0.4 is 0 Å². The second kappa shape index (κ2) is 2.49. The van der Waals surface area contributed by atoms with Crippen molar-refractivity contribution in [2.75, 3.05) is 13.1 Å². The van der Waals surface area contributed by atoms with Crippen molar-refractivity contribution in [1.82, 2.24) is 4.90 Å². The van der Waals surface area contributed by atoms with E-state index in [4.69, 9.17) is 0 Å². The number of hydrogen-bond donors (Lipinski definition) is 0. The first-order valence-corrected chi connectivity index (χ1v) is 3.58. The van der Waals surface area contributed by atoms with Crippen LogP contribution in [0.2, 0.25) is 0 Å². The Hall–Kier alpha value is -0.0400. The minimum absolute atomic E-state index is 0.861. The largest absolute Gasteiger partial charge is 0.301 e. The molecule has 1 atom stereocenters. The average molecular weight is 113 g/mol. The molecule has 0 aliphatic carbocycles. The van der Waals surface area contributed by atoms with E-state index in [0.29, 0.717) is 0 Å². The predicted octanol–water partition coefficient (Wildman–Crippen LogP) is 1.49. The summed E-state index contributed by atoms with van der Waals surface area (Å²) in [5.74, 6) is 0. The van der Waals surface area contributed by atoms with E-state index in [9.17, 15) is 0 Å². The maximum absolute atomic E-state index is 2.53. The van der Waals surface area contributed by atoms with E-state index in [-0.39, 0.29) is 0 Å². The van der Waals surface area contributed by atoms with Gasteiger partial charge in [-0.05, 0) is 32.9 Å². The van der Waals surface area contributed by atoms with Gasteiger partial charge in [0.2, 0.25) is 0 Å². The SMILES string of the molecule is CCN1CCC[C@@H]1C. The summed E-state index contributed by atoms with van der Waals surface area (Å²) in [4.78, 5) is 2.53. The molecule has 1 rings (SSSR count). The Labute approximate surface area is 51.7 Å². The Kier molecular flexibility index (Phi) is 1.90.